The molecule has 1 aliphatic rings. The van der Waals surface area contributed by atoms with Crippen molar-refractivity contribution in [1.29, 1.82) is 0 Å². The lowest BCUT2D eigenvalue weighted by molar-refractivity contribution is 0.0106. The van der Waals surface area contributed by atoms with Gasteiger partial charge in [-0.1, -0.05) is 54.6 Å². The monoisotopic (exact) mass is 453 g/mol. The molecule has 2 N–H and O–H groups in total. The first kappa shape index (κ1) is 22.1. The van der Waals surface area contributed by atoms with Crippen LogP contribution >= 0.6 is 0 Å². The number of amides is 1. The van der Waals surface area contributed by atoms with Gasteiger partial charge in [0.15, 0.2) is 0 Å². The first-order valence-electron chi connectivity index (χ1n) is 11.5. The maximum absolute atomic E-state index is 11.9. The van der Waals surface area contributed by atoms with E-state index in [2.05, 4.69) is 46.7 Å². The van der Waals surface area contributed by atoms with E-state index in [1.165, 1.54) is 15.7 Å². The zero-order valence-electron chi connectivity index (χ0n) is 18.8. The molecule has 6 nitrogen and oxygen atoms in total. The second-order valence-corrected chi connectivity index (χ2v) is 8.53. The van der Waals surface area contributed by atoms with E-state index in [-0.39, 0.29) is 12.0 Å². The largest absolute Gasteiger partial charge is 0.464 e. The van der Waals surface area contributed by atoms with E-state index in [0.717, 1.165) is 30.6 Å². The minimum absolute atomic E-state index is 0.0393. The molecule has 2 atom stereocenters. The van der Waals surface area contributed by atoms with Crippen LogP contribution in [-0.4, -0.2) is 35.4 Å². The highest BCUT2D eigenvalue weighted by Gasteiger charge is 2.28. The average Bonchev–Trinajstić information content (AvgIpc) is 2.88. The molecular weight excluding hydrogens is 426 g/mol. The summed E-state index contributed by atoms with van der Waals surface area (Å²) in [6, 6.07) is 27.7. The molecule has 2 unspecified atom stereocenters. The topological polar surface area (TPSA) is 74.7 Å². The number of nitrogens with one attached hydrogen (secondary N) is 1. The van der Waals surface area contributed by atoms with Crippen LogP contribution < -0.4 is 10.2 Å². The third-order valence-corrected chi connectivity index (χ3v) is 6.35. The van der Waals surface area contributed by atoms with Crippen molar-refractivity contribution in [2.24, 2.45) is 0 Å². The molecule has 5 rings (SSSR count). The van der Waals surface area contributed by atoms with Crippen molar-refractivity contribution in [2.75, 3.05) is 18.0 Å². The summed E-state index contributed by atoms with van der Waals surface area (Å²) in [6.45, 7) is 2.27. The molecule has 172 valence electrons. The van der Waals surface area contributed by atoms with E-state index in [9.17, 15) is 9.90 Å². The van der Waals surface area contributed by atoms with Gasteiger partial charge in [0.1, 0.15) is 5.82 Å². The summed E-state index contributed by atoms with van der Waals surface area (Å²) in [5.41, 5.74) is 2.88. The van der Waals surface area contributed by atoms with Gasteiger partial charge in [0.05, 0.1) is 18.4 Å². The Labute approximate surface area is 198 Å². The minimum Gasteiger partial charge on any atom is -0.464 e. The van der Waals surface area contributed by atoms with Crippen molar-refractivity contribution in [3.8, 4) is 0 Å². The number of anilines is 2. The normalized spacial score (nSPS) is 18.0. The Morgan fingerprint density at radius 2 is 1.79 bits per heavy atom. The molecule has 3 aromatic carbocycles. The minimum atomic E-state index is -1.06. The Kier molecular flexibility index (Phi) is 6.51. The third kappa shape index (κ3) is 4.78. The van der Waals surface area contributed by atoms with E-state index in [4.69, 9.17) is 4.74 Å². The zero-order chi connectivity index (χ0) is 23.3. The molecule has 1 amide bonds. The lowest BCUT2D eigenvalue weighted by Gasteiger charge is -2.33. The van der Waals surface area contributed by atoms with Gasteiger partial charge in [0, 0.05) is 18.7 Å². The Bertz CT molecular complexity index is 1260. The first-order valence-corrected chi connectivity index (χ1v) is 11.5. The van der Waals surface area contributed by atoms with E-state index >= 15 is 0 Å². The van der Waals surface area contributed by atoms with Crippen LogP contribution in [0.3, 0.4) is 0 Å². The van der Waals surface area contributed by atoms with Crippen molar-refractivity contribution >= 4 is 28.4 Å². The van der Waals surface area contributed by atoms with Gasteiger partial charge < -0.3 is 15.2 Å². The number of pyridine rings is 1. The van der Waals surface area contributed by atoms with Gasteiger partial charge in [0.2, 0.25) is 0 Å². The lowest BCUT2D eigenvalue weighted by atomic mass is 9.87. The summed E-state index contributed by atoms with van der Waals surface area (Å²) >= 11 is 0. The number of fused-ring (bicyclic) bond motifs is 1. The van der Waals surface area contributed by atoms with Gasteiger partial charge in [-0.15, -0.1) is 0 Å². The van der Waals surface area contributed by atoms with Crippen LogP contribution in [0.1, 0.15) is 23.5 Å². The van der Waals surface area contributed by atoms with E-state index in [1.807, 2.05) is 30.3 Å². The van der Waals surface area contributed by atoms with Crippen LogP contribution in [-0.2, 0) is 11.3 Å². The fourth-order valence-electron chi connectivity index (χ4n) is 4.62. The van der Waals surface area contributed by atoms with Crippen molar-refractivity contribution in [3.05, 3.63) is 102 Å². The van der Waals surface area contributed by atoms with Crippen LogP contribution in [0.15, 0.2) is 91.1 Å². The van der Waals surface area contributed by atoms with Crippen LogP contribution in [0.5, 0.6) is 0 Å². The molecule has 2 heterocycles. The van der Waals surface area contributed by atoms with E-state index in [1.54, 1.807) is 24.4 Å². The Balaban J connectivity index is 1.31. The standard InChI is InChI=1S/C28H27N3O3/c32-28(33)31(27-7-3-4-15-30-27)24-12-10-22(11-13-24)25-14-16-29-18-26(25)34-19-20-8-9-21-5-1-2-6-23(21)17-20/h1-13,15,17,25-26,29H,14,16,18-19H2,(H,32,33). The number of hydrogen-bond donors (Lipinski definition) is 2. The van der Waals surface area contributed by atoms with Gasteiger partial charge in [-0.3, -0.25) is 0 Å². The molecule has 0 spiro atoms. The highest BCUT2D eigenvalue weighted by molar-refractivity contribution is 5.93. The number of carboxylic acid groups (broad SMARTS) is 1. The summed E-state index contributed by atoms with van der Waals surface area (Å²) in [7, 11) is 0. The number of ether oxygens (including phenoxy) is 1. The van der Waals surface area contributed by atoms with Crippen molar-refractivity contribution in [1.82, 2.24) is 10.3 Å². The molecule has 6 heteroatoms. The number of benzene rings is 3. The maximum Gasteiger partial charge on any atom is 0.417 e. The first-order chi connectivity index (χ1) is 16.7. The van der Waals surface area contributed by atoms with Gasteiger partial charge in [0.25, 0.3) is 0 Å². The molecule has 0 saturated carbocycles. The predicted molar refractivity (Wildman–Crippen MR) is 134 cm³/mol. The maximum atomic E-state index is 11.9. The molecule has 0 aliphatic carbocycles. The summed E-state index contributed by atoms with van der Waals surface area (Å²) in [6.07, 6.45) is 1.53. The van der Waals surface area contributed by atoms with E-state index < -0.39 is 6.09 Å². The summed E-state index contributed by atoms with van der Waals surface area (Å²) in [5.74, 6) is 0.616. The highest BCUT2D eigenvalue weighted by Crippen LogP contribution is 2.31. The number of aromatic nitrogens is 1. The van der Waals surface area contributed by atoms with Crippen LogP contribution in [0.2, 0.25) is 0 Å². The molecule has 0 radical (unpaired) electrons. The number of rotatable bonds is 6. The van der Waals surface area contributed by atoms with Crippen LogP contribution in [0.4, 0.5) is 16.3 Å². The molecule has 1 saturated heterocycles. The smallest absolute Gasteiger partial charge is 0.417 e. The lowest BCUT2D eigenvalue weighted by Crippen LogP contribution is -2.41. The second-order valence-electron chi connectivity index (χ2n) is 8.53. The van der Waals surface area contributed by atoms with Gasteiger partial charge in [-0.25, -0.2) is 14.7 Å². The fourth-order valence-corrected chi connectivity index (χ4v) is 4.62. The average molecular weight is 454 g/mol. The van der Waals surface area contributed by atoms with Crippen molar-refractivity contribution in [3.63, 3.8) is 0 Å². The molecule has 0 bridgehead atoms. The molecule has 4 aromatic rings. The van der Waals surface area contributed by atoms with E-state index in [0.29, 0.717) is 18.1 Å². The molecule has 1 fully saturated rings. The summed E-state index contributed by atoms with van der Waals surface area (Å²) in [5, 5.41) is 15.6. The fraction of sp³-hybridized carbons (Fsp3) is 0.214. The number of nitrogens with zero attached hydrogens (tertiary/aromatic N) is 2. The SMILES string of the molecule is O=C(O)N(c1ccc(C2CCNCC2OCc2ccc3ccccc3c2)cc1)c1ccccn1. The molecule has 1 aliphatic heterocycles. The Morgan fingerprint density at radius 1 is 1.00 bits per heavy atom. The third-order valence-electron chi connectivity index (χ3n) is 6.35. The molecular formula is C28H27N3O3. The number of hydrogen-bond acceptors (Lipinski definition) is 4. The van der Waals surface area contributed by atoms with Gasteiger partial charge >= 0.3 is 6.09 Å². The Hall–Kier alpha value is -3.74. The zero-order valence-corrected chi connectivity index (χ0v) is 18.8. The quantitative estimate of drug-likeness (QED) is 0.391. The molecule has 34 heavy (non-hydrogen) atoms. The second kappa shape index (κ2) is 10.0. The summed E-state index contributed by atoms with van der Waals surface area (Å²) < 4.78 is 6.39. The van der Waals surface area contributed by atoms with Crippen LogP contribution in [0, 0.1) is 0 Å². The molecule has 1 aromatic heterocycles. The Morgan fingerprint density at radius 3 is 2.56 bits per heavy atom. The van der Waals surface area contributed by atoms with Gasteiger partial charge in [-0.2, -0.15) is 0 Å². The number of piperidine rings is 1. The highest BCUT2D eigenvalue weighted by atomic mass is 16.5. The van der Waals surface area contributed by atoms with Crippen molar-refractivity contribution < 1.29 is 14.6 Å². The summed E-state index contributed by atoms with van der Waals surface area (Å²) in [4.78, 5) is 17.3. The van der Waals surface area contributed by atoms with Crippen molar-refractivity contribution in [2.45, 2.75) is 25.0 Å². The van der Waals surface area contributed by atoms with Gasteiger partial charge in [-0.05, 0) is 65.2 Å². The van der Waals surface area contributed by atoms with Crippen LogP contribution in [0.25, 0.3) is 10.8 Å². The predicted octanol–water partition coefficient (Wildman–Crippen LogP) is 5.71. The number of carbonyl (C=O) groups is 1.